The third kappa shape index (κ3) is 2.33. The van der Waals surface area contributed by atoms with Gasteiger partial charge in [-0.2, -0.15) is 0 Å². The van der Waals surface area contributed by atoms with Crippen LogP contribution in [0.2, 0.25) is 0 Å². The number of imidazole rings is 1. The van der Waals surface area contributed by atoms with Gasteiger partial charge in [0, 0.05) is 24.5 Å². The summed E-state index contributed by atoms with van der Waals surface area (Å²) in [5.74, 6) is 1.98. The predicted molar refractivity (Wildman–Crippen MR) is 70.2 cm³/mol. The lowest BCUT2D eigenvalue weighted by molar-refractivity contribution is 0.518. The zero-order valence-corrected chi connectivity index (χ0v) is 10.7. The molecule has 2 fully saturated rings. The molecule has 0 radical (unpaired) electrons. The van der Waals surface area contributed by atoms with Crippen LogP contribution in [0.1, 0.15) is 57.9 Å². The number of hydrogen-bond acceptors (Lipinski definition) is 2. The fourth-order valence-corrected chi connectivity index (χ4v) is 3.42. The number of aromatic nitrogens is 2. The zero-order chi connectivity index (χ0) is 11.7. The number of nitrogens with one attached hydrogen (secondary N) is 1. The number of hydrogen-bond donors (Lipinski definition) is 1. The molecule has 2 aliphatic rings. The van der Waals surface area contributed by atoms with E-state index in [0.717, 1.165) is 11.9 Å². The molecule has 1 heterocycles. The maximum atomic E-state index is 4.50. The van der Waals surface area contributed by atoms with Crippen molar-refractivity contribution >= 4 is 5.95 Å². The van der Waals surface area contributed by atoms with Crippen LogP contribution in [-0.4, -0.2) is 15.6 Å². The van der Waals surface area contributed by atoms with E-state index in [9.17, 15) is 0 Å². The Morgan fingerprint density at radius 2 is 2.06 bits per heavy atom. The fraction of sp³-hybridized carbons (Fsp3) is 0.786. The Labute approximate surface area is 104 Å². The van der Waals surface area contributed by atoms with E-state index in [1.807, 2.05) is 6.20 Å². The van der Waals surface area contributed by atoms with Gasteiger partial charge in [0.05, 0.1) is 0 Å². The van der Waals surface area contributed by atoms with Gasteiger partial charge in [-0.05, 0) is 38.0 Å². The molecule has 0 saturated heterocycles. The van der Waals surface area contributed by atoms with Crippen LogP contribution < -0.4 is 5.32 Å². The molecular formula is C14H23N3. The Morgan fingerprint density at radius 3 is 2.76 bits per heavy atom. The molecule has 2 saturated carbocycles. The molecule has 3 rings (SSSR count). The van der Waals surface area contributed by atoms with Gasteiger partial charge in [0.2, 0.25) is 5.95 Å². The van der Waals surface area contributed by atoms with Gasteiger partial charge in [0.25, 0.3) is 0 Å². The van der Waals surface area contributed by atoms with Crippen molar-refractivity contribution in [2.45, 2.75) is 64.0 Å². The summed E-state index contributed by atoms with van der Waals surface area (Å²) in [6.45, 7) is 2.35. The molecule has 2 unspecified atom stereocenters. The molecule has 0 bridgehead atoms. The van der Waals surface area contributed by atoms with Gasteiger partial charge in [-0.25, -0.2) is 4.98 Å². The van der Waals surface area contributed by atoms with Crippen molar-refractivity contribution in [3.05, 3.63) is 12.4 Å². The van der Waals surface area contributed by atoms with E-state index in [1.165, 1.54) is 44.9 Å². The zero-order valence-electron chi connectivity index (χ0n) is 10.7. The maximum Gasteiger partial charge on any atom is 0.203 e. The van der Waals surface area contributed by atoms with Crippen LogP contribution in [0.4, 0.5) is 5.95 Å². The molecule has 1 aromatic rings. The van der Waals surface area contributed by atoms with Crippen LogP contribution in [0.15, 0.2) is 12.4 Å². The van der Waals surface area contributed by atoms with E-state index in [1.54, 1.807) is 0 Å². The molecule has 0 aliphatic heterocycles. The van der Waals surface area contributed by atoms with E-state index >= 15 is 0 Å². The molecule has 94 valence electrons. The molecule has 3 heteroatoms. The quantitative estimate of drug-likeness (QED) is 0.864. The Morgan fingerprint density at radius 1 is 1.24 bits per heavy atom. The molecule has 1 aromatic heterocycles. The molecule has 0 aromatic carbocycles. The third-order valence-electron chi connectivity index (χ3n) is 4.41. The predicted octanol–water partition coefficient (Wildman–Crippen LogP) is 3.60. The van der Waals surface area contributed by atoms with E-state index in [-0.39, 0.29) is 0 Å². The third-order valence-corrected chi connectivity index (χ3v) is 4.41. The Kier molecular flexibility index (Phi) is 3.08. The van der Waals surface area contributed by atoms with Crippen LogP contribution in [0, 0.1) is 5.92 Å². The van der Waals surface area contributed by atoms with Crippen molar-refractivity contribution in [3.63, 3.8) is 0 Å². The van der Waals surface area contributed by atoms with E-state index < -0.39 is 0 Å². The molecule has 2 aliphatic carbocycles. The minimum absolute atomic E-state index is 0.646. The second-order valence-corrected chi connectivity index (χ2v) is 5.86. The Bertz CT molecular complexity index is 365. The van der Waals surface area contributed by atoms with Crippen LogP contribution in [0.25, 0.3) is 0 Å². The lowest BCUT2D eigenvalue weighted by Crippen LogP contribution is -2.19. The lowest BCUT2D eigenvalue weighted by Gasteiger charge is -2.18. The summed E-state index contributed by atoms with van der Waals surface area (Å²) in [5, 5.41) is 3.65. The normalized spacial score (nSPS) is 29.9. The summed E-state index contributed by atoms with van der Waals surface area (Å²) in [6, 6.07) is 1.34. The van der Waals surface area contributed by atoms with Crippen molar-refractivity contribution in [1.29, 1.82) is 0 Å². The number of rotatable bonds is 3. The topological polar surface area (TPSA) is 29.9 Å². The van der Waals surface area contributed by atoms with Crippen LogP contribution in [-0.2, 0) is 0 Å². The van der Waals surface area contributed by atoms with Gasteiger partial charge >= 0.3 is 0 Å². The summed E-state index contributed by atoms with van der Waals surface area (Å²) >= 11 is 0. The number of nitrogens with zero attached hydrogens (tertiary/aromatic N) is 2. The fourth-order valence-electron chi connectivity index (χ4n) is 3.42. The van der Waals surface area contributed by atoms with Gasteiger partial charge < -0.3 is 9.88 Å². The van der Waals surface area contributed by atoms with Gasteiger partial charge in [0.15, 0.2) is 0 Å². The van der Waals surface area contributed by atoms with Crippen LogP contribution in [0.5, 0.6) is 0 Å². The van der Waals surface area contributed by atoms with E-state index in [4.69, 9.17) is 0 Å². The first-order valence-electron chi connectivity index (χ1n) is 7.12. The SMILES string of the molecule is CC1CCC(Nc2nccn2C2CCCC2)C1. The van der Waals surface area contributed by atoms with Crippen molar-refractivity contribution in [2.24, 2.45) is 5.92 Å². The molecule has 1 N–H and O–H groups in total. The minimum atomic E-state index is 0.646. The van der Waals surface area contributed by atoms with Crippen molar-refractivity contribution in [2.75, 3.05) is 5.32 Å². The van der Waals surface area contributed by atoms with Gasteiger partial charge in [-0.1, -0.05) is 19.8 Å². The highest BCUT2D eigenvalue weighted by Gasteiger charge is 2.24. The molecular weight excluding hydrogens is 210 g/mol. The molecule has 3 nitrogen and oxygen atoms in total. The number of anilines is 1. The van der Waals surface area contributed by atoms with Gasteiger partial charge in [-0.3, -0.25) is 0 Å². The largest absolute Gasteiger partial charge is 0.353 e. The molecule has 0 amide bonds. The molecule has 17 heavy (non-hydrogen) atoms. The summed E-state index contributed by atoms with van der Waals surface area (Å²) in [7, 11) is 0. The Hall–Kier alpha value is -0.990. The highest BCUT2D eigenvalue weighted by atomic mass is 15.2. The second-order valence-electron chi connectivity index (χ2n) is 5.86. The van der Waals surface area contributed by atoms with Crippen molar-refractivity contribution in [3.8, 4) is 0 Å². The van der Waals surface area contributed by atoms with E-state index in [0.29, 0.717) is 12.1 Å². The average Bonchev–Trinajstić information content (AvgIpc) is 3.00. The van der Waals surface area contributed by atoms with E-state index in [2.05, 4.69) is 28.0 Å². The molecule has 0 spiro atoms. The van der Waals surface area contributed by atoms with Crippen LogP contribution in [0.3, 0.4) is 0 Å². The van der Waals surface area contributed by atoms with Gasteiger partial charge in [0.1, 0.15) is 0 Å². The lowest BCUT2D eigenvalue weighted by atomic mass is 10.1. The summed E-state index contributed by atoms with van der Waals surface area (Å²) < 4.78 is 2.37. The maximum absolute atomic E-state index is 4.50. The minimum Gasteiger partial charge on any atom is -0.353 e. The first kappa shape index (κ1) is 11.1. The first-order chi connectivity index (χ1) is 8.33. The monoisotopic (exact) mass is 233 g/mol. The smallest absolute Gasteiger partial charge is 0.203 e. The summed E-state index contributed by atoms with van der Waals surface area (Å²) in [5.41, 5.74) is 0. The highest BCUT2D eigenvalue weighted by Crippen LogP contribution is 2.33. The summed E-state index contributed by atoms with van der Waals surface area (Å²) in [6.07, 6.45) is 13.5. The highest BCUT2D eigenvalue weighted by molar-refractivity contribution is 5.29. The standard InChI is InChI=1S/C14H23N3/c1-11-6-7-12(10-11)16-14-15-8-9-17(14)13-4-2-3-5-13/h8-9,11-13H,2-7,10H2,1H3,(H,15,16). The van der Waals surface area contributed by atoms with Crippen molar-refractivity contribution < 1.29 is 0 Å². The average molecular weight is 233 g/mol. The summed E-state index contributed by atoms with van der Waals surface area (Å²) in [4.78, 5) is 4.50. The van der Waals surface area contributed by atoms with Crippen molar-refractivity contribution in [1.82, 2.24) is 9.55 Å². The first-order valence-corrected chi connectivity index (χ1v) is 7.12. The van der Waals surface area contributed by atoms with Crippen LogP contribution >= 0.6 is 0 Å². The second kappa shape index (κ2) is 4.71. The Balaban J connectivity index is 1.68. The van der Waals surface area contributed by atoms with Gasteiger partial charge in [-0.15, -0.1) is 0 Å². The molecule has 2 atom stereocenters.